The lowest BCUT2D eigenvalue weighted by atomic mass is 9.82. The summed E-state index contributed by atoms with van der Waals surface area (Å²) < 4.78 is 14.5. The summed E-state index contributed by atoms with van der Waals surface area (Å²) in [5.74, 6) is 0.785. The number of ketones is 1. The summed E-state index contributed by atoms with van der Waals surface area (Å²) in [4.78, 5) is 26.5. The zero-order valence-corrected chi connectivity index (χ0v) is 22.6. The Bertz CT molecular complexity index is 831. The van der Waals surface area contributed by atoms with Crippen molar-refractivity contribution in [2.45, 2.75) is 96.6 Å². The Hall–Kier alpha value is -1.45. The van der Waals surface area contributed by atoms with Crippen LogP contribution < -0.4 is 4.74 Å². The highest BCUT2D eigenvalue weighted by molar-refractivity contribution is 6.76. The molecule has 1 aromatic carbocycles. The Balaban J connectivity index is 1.76. The van der Waals surface area contributed by atoms with E-state index >= 15 is 0 Å². The number of carbonyl (C=O) groups is 2. The molecule has 0 radical (unpaired) electrons. The molecule has 0 aromatic heterocycles. The monoisotopic (exact) mass is 461 g/mol. The van der Waals surface area contributed by atoms with Gasteiger partial charge in [-0.15, -0.1) is 0 Å². The molecule has 31 heavy (non-hydrogen) atoms. The second-order valence-corrected chi connectivity index (χ2v) is 21.2. The molecule has 1 amide bonds. The summed E-state index contributed by atoms with van der Waals surface area (Å²) >= 11 is 0. The van der Waals surface area contributed by atoms with E-state index in [-0.39, 0.29) is 34.8 Å². The number of amides is 1. The van der Waals surface area contributed by atoms with E-state index in [1.807, 2.05) is 35.8 Å². The highest BCUT2D eigenvalue weighted by Crippen LogP contribution is 2.43. The van der Waals surface area contributed by atoms with Crippen molar-refractivity contribution in [2.24, 2.45) is 5.92 Å². The number of benzene rings is 1. The van der Waals surface area contributed by atoms with Gasteiger partial charge in [-0.25, -0.2) is 0 Å². The van der Waals surface area contributed by atoms with Crippen LogP contribution in [0.4, 0.5) is 0 Å². The largest absolute Gasteiger partial charge is 0.482 e. The first-order valence-electron chi connectivity index (χ1n) is 11.4. The molecule has 2 aliphatic rings. The van der Waals surface area contributed by atoms with E-state index in [0.29, 0.717) is 12.8 Å². The maximum Gasteiger partial charge on any atom is 0.222 e. The van der Waals surface area contributed by atoms with Crippen LogP contribution in [0.5, 0.6) is 5.75 Å². The van der Waals surface area contributed by atoms with E-state index in [1.165, 1.54) is 0 Å². The molecule has 2 aliphatic heterocycles. The molecule has 1 fully saturated rings. The summed E-state index contributed by atoms with van der Waals surface area (Å²) in [5.41, 5.74) is 1.08. The lowest BCUT2D eigenvalue weighted by Gasteiger charge is -2.56. The van der Waals surface area contributed by atoms with Crippen molar-refractivity contribution in [1.29, 1.82) is 0 Å². The van der Waals surface area contributed by atoms with Gasteiger partial charge in [0.05, 0.1) is 12.0 Å². The number of para-hydroxylation sites is 1. The van der Waals surface area contributed by atoms with E-state index in [4.69, 9.17) is 9.16 Å². The molecule has 0 aliphatic carbocycles. The van der Waals surface area contributed by atoms with Crippen LogP contribution in [0.25, 0.3) is 0 Å². The fourth-order valence-electron chi connectivity index (χ4n) is 4.54. The first-order valence-corrected chi connectivity index (χ1v) is 17.8. The summed E-state index contributed by atoms with van der Waals surface area (Å²) in [6.45, 7) is 19.6. The van der Waals surface area contributed by atoms with Crippen LogP contribution in [-0.2, 0) is 20.4 Å². The normalized spacial score (nSPS) is 25.0. The van der Waals surface area contributed by atoms with Crippen molar-refractivity contribution in [3.63, 3.8) is 0 Å². The topological polar surface area (TPSA) is 55.8 Å². The van der Waals surface area contributed by atoms with Gasteiger partial charge in [-0.2, -0.15) is 0 Å². The number of ether oxygens (including phenoxy) is 1. The minimum atomic E-state index is -2.02. The molecule has 7 heteroatoms. The van der Waals surface area contributed by atoms with Gasteiger partial charge in [0.15, 0.2) is 28.4 Å². The molecule has 172 valence electrons. The summed E-state index contributed by atoms with van der Waals surface area (Å²) in [7, 11) is -3.92. The lowest BCUT2D eigenvalue weighted by molar-refractivity contribution is -0.155. The third kappa shape index (κ3) is 4.69. The number of fused-ring (bicyclic) bond motifs is 1. The van der Waals surface area contributed by atoms with Gasteiger partial charge in [-0.1, -0.05) is 58.6 Å². The number of carbonyl (C=O) groups excluding carboxylic acids is 2. The molecule has 4 atom stereocenters. The number of nitrogens with zero attached hydrogens (tertiary/aromatic N) is 1. The molecular formula is C24H39NO4Si2. The highest BCUT2D eigenvalue weighted by Gasteiger charge is 2.56. The summed E-state index contributed by atoms with van der Waals surface area (Å²) in [5, 5.41) is 0.0707. The third-order valence-corrected chi connectivity index (χ3v) is 13.8. The van der Waals surface area contributed by atoms with Crippen LogP contribution in [0, 0.1) is 5.92 Å². The summed E-state index contributed by atoms with van der Waals surface area (Å²) in [6.07, 6.45) is 0.308. The maximum atomic E-state index is 13.2. The first kappa shape index (κ1) is 24.2. The smallest absolute Gasteiger partial charge is 0.222 e. The molecule has 0 bridgehead atoms. The fraction of sp³-hybridized carbons (Fsp3) is 0.667. The maximum absolute atomic E-state index is 13.2. The van der Waals surface area contributed by atoms with Crippen molar-refractivity contribution in [3.8, 4) is 5.75 Å². The number of hydrogen-bond acceptors (Lipinski definition) is 4. The van der Waals surface area contributed by atoms with Crippen LogP contribution in [-0.4, -0.2) is 51.1 Å². The second-order valence-electron chi connectivity index (χ2n) is 11.6. The Morgan fingerprint density at radius 3 is 2.35 bits per heavy atom. The zero-order chi connectivity index (χ0) is 23.4. The Labute approximate surface area is 189 Å². The van der Waals surface area contributed by atoms with Crippen LogP contribution >= 0.6 is 0 Å². The average Bonchev–Trinajstić information content (AvgIpc) is 3.02. The molecule has 5 nitrogen and oxygen atoms in total. The van der Waals surface area contributed by atoms with Crippen molar-refractivity contribution < 1.29 is 18.8 Å². The number of β-lactam (4-membered cyclic amide) rings is 1. The average molecular weight is 462 g/mol. The third-order valence-electron chi connectivity index (χ3n) is 7.20. The van der Waals surface area contributed by atoms with Gasteiger partial charge < -0.3 is 13.7 Å². The SMILES string of the molecule is C[C@@H](O[Si](C)(C)C(C)(C)C)[C@H]1C(=O)N([Si](C)(C)C)[C@@H]1CC(=O)[C@@H]1Cc2ccccc2O1. The quantitative estimate of drug-likeness (QED) is 0.422. The van der Waals surface area contributed by atoms with Crippen LogP contribution in [0.3, 0.4) is 0 Å². The highest BCUT2D eigenvalue weighted by atomic mass is 28.4. The second kappa shape index (κ2) is 8.16. The molecule has 1 aromatic rings. The molecule has 3 rings (SSSR count). The van der Waals surface area contributed by atoms with E-state index in [9.17, 15) is 9.59 Å². The molecule has 0 unspecified atom stereocenters. The van der Waals surface area contributed by atoms with E-state index in [0.717, 1.165) is 11.3 Å². The molecule has 0 saturated carbocycles. The Morgan fingerprint density at radius 2 is 1.81 bits per heavy atom. The van der Waals surface area contributed by atoms with Gasteiger partial charge in [0.25, 0.3) is 0 Å². The summed E-state index contributed by atoms with van der Waals surface area (Å²) in [6, 6.07) is 7.74. The first-order chi connectivity index (χ1) is 14.1. The minimum Gasteiger partial charge on any atom is -0.482 e. The van der Waals surface area contributed by atoms with Crippen molar-refractivity contribution in [2.75, 3.05) is 0 Å². The van der Waals surface area contributed by atoms with Gasteiger partial charge in [0.1, 0.15) is 5.75 Å². The van der Waals surface area contributed by atoms with Crippen LogP contribution in [0.2, 0.25) is 37.8 Å². The van der Waals surface area contributed by atoms with E-state index < -0.39 is 22.7 Å². The van der Waals surface area contributed by atoms with Gasteiger partial charge in [-0.3, -0.25) is 9.59 Å². The van der Waals surface area contributed by atoms with E-state index in [2.05, 4.69) is 53.5 Å². The van der Waals surface area contributed by atoms with Crippen molar-refractivity contribution in [1.82, 2.24) is 4.57 Å². The molecule has 2 heterocycles. The van der Waals surface area contributed by atoms with Crippen LogP contribution in [0.15, 0.2) is 24.3 Å². The van der Waals surface area contributed by atoms with E-state index in [1.54, 1.807) is 0 Å². The fourth-order valence-corrected chi connectivity index (χ4v) is 8.03. The Morgan fingerprint density at radius 1 is 1.19 bits per heavy atom. The van der Waals surface area contributed by atoms with Gasteiger partial charge in [0, 0.05) is 18.9 Å². The van der Waals surface area contributed by atoms with Crippen molar-refractivity contribution in [3.05, 3.63) is 29.8 Å². The van der Waals surface area contributed by atoms with Gasteiger partial charge in [-0.05, 0) is 36.7 Å². The molecule has 1 saturated heterocycles. The number of hydrogen-bond donors (Lipinski definition) is 0. The predicted octanol–water partition coefficient (Wildman–Crippen LogP) is 5.02. The zero-order valence-electron chi connectivity index (χ0n) is 20.6. The predicted molar refractivity (Wildman–Crippen MR) is 129 cm³/mol. The van der Waals surface area contributed by atoms with Crippen molar-refractivity contribution >= 4 is 28.2 Å². The number of rotatable bonds is 7. The van der Waals surface area contributed by atoms with Gasteiger partial charge >= 0.3 is 0 Å². The molecular weight excluding hydrogens is 422 g/mol. The standard InChI is InChI=1S/C24H39NO4Si2/c1-16(29-31(8,9)24(2,3)4)22-18(25(23(22)27)30(5,6)7)15-19(26)21-14-17-12-10-11-13-20(17)28-21/h10-13,16,18,21-22H,14-15H2,1-9H3/t16-,18-,21+,22-/m1/s1. The Kier molecular flexibility index (Phi) is 6.37. The lowest BCUT2D eigenvalue weighted by Crippen LogP contribution is -2.72. The van der Waals surface area contributed by atoms with Crippen LogP contribution in [0.1, 0.15) is 39.7 Å². The minimum absolute atomic E-state index is 0.0707. The number of Topliss-reactive ketones (excluding diaryl/α,β-unsaturated/α-hetero) is 1. The molecule has 0 N–H and O–H groups in total. The van der Waals surface area contributed by atoms with Gasteiger partial charge in [0.2, 0.25) is 5.91 Å². The molecule has 0 spiro atoms.